The van der Waals surface area contributed by atoms with Gasteiger partial charge in [0.05, 0.1) is 19.3 Å². The number of ether oxygens (including phenoxy) is 3. The van der Waals surface area contributed by atoms with Crippen molar-refractivity contribution in [1.29, 1.82) is 0 Å². The number of nitrogens with one attached hydrogen (secondary N) is 1. The summed E-state index contributed by atoms with van der Waals surface area (Å²) in [5.74, 6) is 0. The summed E-state index contributed by atoms with van der Waals surface area (Å²) in [5.41, 5.74) is 0. The molecule has 1 fully saturated rings. The third-order valence-electron chi connectivity index (χ3n) is 10.3. The van der Waals surface area contributed by atoms with Crippen LogP contribution in [0, 0.1) is 0 Å². The molecule has 0 aliphatic carbocycles. The van der Waals surface area contributed by atoms with Gasteiger partial charge in [0.15, 0.2) is 0 Å². The lowest BCUT2D eigenvalue weighted by atomic mass is 10.1. The van der Waals surface area contributed by atoms with Crippen LogP contribution in [0.1, 0.15) is 194 Å². The maximum atomic E-state index is 12.2. The molecule has 0 aromatic heterocycles. The first-order chi connectivity index (χ1) is 26.8. The van der Waals surface area contributed by atoms with Crippen molar-refractivity contribution in [3.8, 4) is 0 Å². The van der Waals surface area contributed by atoms with Crippen LogP contribution in [0.25, 0.3) is 0 Å². The maximum Gasteiger partial charge on any atom is 0.407 e. The van der Waals surface area contributed by atoms with Crippen molar-refractivity contribution in [2.24, 2.45) is 0 Å². The second-order valence-corrected chi connectivity index (χ2v) is 15.5. The molecule has 0 aromatic rings. The van der Waals surface area contributed by atoms with E-state index < -0.39 is 0 Å². The summed E-state index contributed by atoms with van der Waals surface area (Å²) >= 11 is 0. The van der Waals surface area contributed by atoms with E-state index in [1.54, 1.807) is 0 Å². The molecule has 6 nitrogen and oxygen atoms in total. The van der Waals surface area contributed by atoms with Crippen LogP contribution in [0.5, 0.6) is 0 Å². The van der Waals surface area contributed by atoms with Gasteiger partial charge >= 0.3 is 6.09 Å². The number of rotatable bonds is 40. The summed E-state index contributed by atoms with van der Waals surface area (Å²) in [4.78, 5) is 14.7. The molecule has 1 aliphatic rings. The summed E-state index contributed by atoms with van der Waals surface area (Å²) in [5, 5.41) is 2.92. The van der Waals surface area contributed by atoms with E-state index in [-0.39, 0.29) is 12.2 Å². The highest BCUT2D eigenvalue weighted by molar-refractivity contribution is 5.66. The first kappa shape index (κ1) is 50.1. The normalized spacial score (nSPS) is 14.5. The average molecular weight is 757 g/mol. The molecule has 6 heteroatoms. The highest BCUT2D eigenvalue weighted by atomic mass is 16.6. The third kappa shape index (κ3) is 37.1. The Labute approximate surface area is 335 Å². The van der Waals surface area contributed by atoms with E-state index in [2.05, 4.69) is 72.7 Å². The fourth-order valence-corrected chi connectivity index (χ4v) is 6.80. The van der Waals surface area contributed by atoms with Gasteiger partial charge in [-0.15, -0.1) is 0 Å². The summed E-state index contributed by atoms with van der Waals surface area (Å²) in [6, 6.07) is 0. The van der Waals surface area contributed by atoms with Gasteiger partial charge in [-0.05, 0) is 116 Å². The molecule has 0 radical (unpaired) electrons. The molecule has 0 aromatic carbocycles. The Morgan fingerprint density at radius 1 is 0.574 bits per heavy atom. The molecule has 1 rings (SSSR count). The molecular weight excluding hydrogens is 669 g/mol. The second kappa shape index (κ2) is 42.3. The number of amides is 1. The average Bonchev–Trinajstić information content (AvgIpc) is 3.70. The number of carbonyl (C=O) groups excluding carboxylic acids is 1. The lowest BCUT2D eigenvalue weighted by Crippen LogP contribution is -2.30. The van der Waals surface area contributed by atoms with Crippen LogP contribution in [-0.2, 0) is 14.2 Å². The number of allylic oxidation sites excluding steroid dienone is 8. The van der Waals surface area contributed by atoms with Crippen molar-refractivity contribution >= 4 is 6.09 Å². The highest BCUT2D eigenvalue weighted by Gasteiger charge is 2.13. The smallest absolute Gasteiger partial charge is 0.407 e. The van der Waals surface area contributed by atoms with Gasteiger partial charge in [-0.2, -0.15) is 0 Å². The molecule has 1 atom stereocenters. The first-order valence-corrected chi connectivity index (χ1v) is 23.2. The number of hydrogen-bond acceptors (Lipinski definition) is 5. The van der Waals surface area contributed by atoms with Gasteiger partial charge in [-0.25, -0.2) is 4.79 Å². The molecule has 314 valence electrons. The summed E-state index contributed by atoms with van der Waals surface area (Å²) < 4.78 is 17.8. The number of unbranched alkanes of at least 4 members (excludes halogenated alkanes) is 18. The second-order valence-electron chi connectivity index (χ2n) is 15.5. The number of hydrogen-bond donors (Lipinski definition) is 1. The van der Waals surface area contributed by atoms with Crippen LogP contribution in [0.2, 0.25) is 0 Å². The van der Waals surface area contributed by atoms with E-state index in [4.69, 9.17) is 14.2 Å². The molecule has 1 aliphatic heterocycles. The Bertz CT molecular complexity index is 895. The fourth-order valence-electron chi connectivity index (χ4n) is 6.80. The SMILES string of the molecule is CCCCC/C=C\C/C=C\CCCCCCCCOC[C@H](CCOC(=O)NCCCN1CCCC1)OCCCCCCCC/C=C\C/C=C\CCCCC. The van der Waals surface area contributed by atoms with Gasteiger partial charge in [0.1, 0.15) is 0 Å². The van der Waals surface area contributed by atoms with Crippen LogP contribution in [0.3, 0.4) is 0 Å². The van der Waals surface area contributed by atoms with Crippen LogP contribution in [0.15, 0.2) is 48.6 Å². The molecule has 0 spiro atoms. The molecule has 0 saturated carbocycles. The lowest BCUT2D eigenvalue weighted by molar-refractivity contribution is -0.0298. The van der Waals surface area contributed by atoms with E-state index in [9.17, 15) is 4.79 Å². The Morgan fingerprint density at radius 2 is 1.06 bits per heavy atom. The molecule has 1 amide bonds. The highest BCUT2D eigenvalue weighted by Crippen LogP contribution is 2.12. The lowest BCUT2D eigenvalue weighted by Gasteiger charge is -2.18. The van der Waals surface area contributed by atoms with E-state index in [0.29, 0.717) is 26.2 Å². The molecule has 54 heavy (non-hydrogen) atoms. The van der Waals surface area contributed by atoms with Gasteiger partial charge in [-0.3, -0.25) is 0 Å². The predicted molar refractivity (Wildman–Crippen MR) is 234 cm³/mol. The Hall–Kier alpha value is -1.89. The quantitative estimate of drug-likeness (QED) is 0.0498. The molecule has 0 bridgehead atoms. The zero-order valence-electron chi connectivity index (χ0n) is 35.7. The zero-order valence-corrected chi connectivity index (χ0v) is 35.7. The molecule has 1 N–H and O–H groups in total. The molecule has 1 heterocycles. The van der Waals surface area contributed by atoms with Crippen LogP contribution >= 0.6 is 0 Å². The van der Waals surface area contributed by atoms with Crippen molar-refractivity contribution in [2.45, 2.75) is 200 Å². The van der Waals surface area contributed by atoms with E-state index in [1.807, 2.05) is 0 Å². The van der Waals surface area contributed by atoms with Crippen LogP contribution < -0.4 is 5.32 Å². The zero-order chi connectivity index (χ0) is 38.7. The topological polar surface area (TPSA) is 60.0 Å². The van der Waals surface area contributed by atoms with E-state index in [0.717, 1.165) is 51.9 Å². The maximum absolute atomic E-state index is 12.2. The Balaban J connectivity index is 2.14. The van der Waals surface area contributed by atoms with Crippen molar-refractivity contribution in [1.82, 2.24) is 10.2 Å². The van der Waals surface area contributed by atoms with Crippen molar-refractivity contribution in [2.75, 3.05) is 52.6 Å². The minimum absolute atomic E-state index is 0.0319. The number of carbonyl (C=O) groups is 1. The fraction of sp³-hybridized carbons (Fsp3) is 0.812. The van der Waals surface area contributed by atoms with Crippen molar-refractivity contribution in [3.63, 3.8) is 0 Å². The molecule has 0 unspecified atom stereocenters. The van der Waals surface area contributed by atoms with Gasteiger partial charge in [-0.1, -0.05) is 140 Å². The number of alkyl carbamates (subject to hydrolysis) is 1. The number of likely N-dealkylation sites (tertiary alicyclic amines) is 1. The predicted octanol–water partition coefficient (Wildman–Crippen LogP) is 13.6. The summed E-state index contributed by atoms with van der Waals surface area (Å²) in [7, 11) is 0. The Kier molecular flexibility index (Phi) is 39.2. The largest absolute Gasteiger partial charge is 0.449 e. The van der Waals surface area contributed by atoms with E-state index >= 15 is 0 Å². The van der Waals surface area contributed by atoms with Crippen molar-refractivity contribution < 1.29 is 19.0 Å². The van der Waals surface area contributed by atoms with Crippen LogP contribution in [0.4, 0.5) is 4.79 Å². The molecule has 1 saturated heterocycles. The Morgan fingerprint density at radius 3 is 1.59 bits per heavy atom. The van der Waals surface area contributed by atoms with Gasteiger partial charge in [0, 0.05) is 26.2 Å². The van der Waals surface area contributed by atoms with Crippen LogP contribution in [-0.4, -0.2) is 69.7 Å². The standard InChI is InChI=1S/C48H88N2O4/c1-3-5-7-9-11-13-15-17-19-21-23-25-27-29-31-35-43-52-46-47(38-45-54-48(51)49-39-37-42-50-40-33-34-41-50)53-44-36-32-30-28-26-24-22-20-18-16-14-12-10-8-6-4-2/h11-14,17-20,47H,3-10,15-16,21-46H2,1-2H3,(H,49,51)/b13-11-,14-12-,19-17-,20-18-/t47-/m0/s1. The van der Waals surface area contributed by atoms with Gasteiger partial charge in [0.25, 0.3) is 0 Å². The van der Waals surface area contributed by atoms with E-state index in [1.165, 1.54) is 154 Å². The number of nitrogens with zero attached hydrogens (tertiary/aromatic N) is 1. The first-order valence-electron chi connectivity index (χ1n) is 23.2. The van der Waals surface area contributed by atoms with Gasteiger partial charge < -0.3 is 24.4 Å². The van der Waals surface area contributed by atoms with Gasteiger partial charge in [0.2, 0.25) is 0 Å². The third-order valence-corrected chi connectivity index (χ3v) is 10.3. The molecular formula is C48H88N2O4. The van der Waals surface area contributed by atoms with Crippen molar-refractivity contribution in [3.05, 3.63) is 48.6 Å². The summed E-state index contributed by atoms with van der Waals surface area (Å²) in [6.07, 6.45) is 52.4. The minimum atomic E-state index is -0.317. The minimum Gasteiger partial charge on any atom is -0.449 e. The summed E-state index contributed by atoms with van der Waals surface area (Å²) in [6.45, 7) is 11.1. The monoisotopic (exact) mass is 757 g/mol.